The van der Waals surface area contributed by atoms with Crippen molar-refractivity contribution in [2.75, 3.05) is 18.5 Å². The summed E-state index contributed by atoms with van der Waals surface area (Å²) < 4.78 is 10.2. The molecular weight excluding hydrogens is 234 g/mol. The molecule has 96 valence electrons. The molecule has 5 heteroatoms. The normalized spacial score (nSPS) is 14.2. The van der Waals surface area contributed by atoms with Gasteiger partial charge in [0.05, 0.1) is 0 Å². The van der Waals surface area contributed by atoms with Crippen molar-refractivity contribution in [1.29, 1.82) is 0 Å². The van der Waals surface area contributed by atoms with E-state index in [-0.39, 0.29) is 17.4 Å². The van der Waals surface area contributed by atoms with Gasteiger partial charge in [-0.25, -0.2) is 0 Å². The number of benzene rings is 1. The molecule has 0 atom stereocenters. The highest BCUT2D eigenvalue weighted by atomic mass is 16.6. The van der Waals surface area contributed by atoms with E-state index >= 15 is 0 Å². The van der Waals surface area contributed by atoms with E-state index in [1.807, 2.05) is 0 Å². The highest BCUT2D eigenvalue weighted by Crippen LogP contribution is 2.25. The van der Waals surface area contributed by atoms with Gasteiger partial charge < -0.3 is 19.9 Å². The van der Waals surface area contributed by atoms with E-state index in [2.05, 4.69) is 5.32 Å². The van der Waals surface area contributed by atoms with Gasteiger partial charge in [0.2, 0.25) is 5.76 Å². The standard InChI is InChI=1S/C13H15NO4/c1-8-6-11(15)9(2)5-10(8)14-13(16)12-7-17-3-4-18-12/h5-7,15H,3-4H2,1-2H3,(H,14,16). The SMILES string of the molecule is Cc1cc(NC(=O)C2=COCCO2)c(C)cc1O. The van der Waals surface area contributed by atoms with Crippen molar-refractivity contribution >= 4 is 11.6 Å². The van der Waals surface area contributed by atoms with Crippen LogP contribution < -0.4 is 5.32 Å². The summed E-state index contributed by atoms with van der Waals surface area (Å²) in [5.74, 6) is 0.0104. The number of rotatable bonds is 2. The van der Waals surface area contributed by atoms with Crippen LogP contribution in [0.3, 0.4) is 0 Å². The van der Waals surface area contributed by atoms with E-state index in [4.69, 9.17) is 9.47 Å². The maximum Gasteiger partial charge on any atom is 0.294 e. The van der Waals surface area contributed by atoms with E-state index in [0.29, 0.717) is 24.5 Å². The number of aryl methyl sites for hydroxylation is 2. The van der Waals surface area contributed by atoms with Gasteiger partial charge in [0.25, 0.3) is 5.91 Å². The highest BCUT2D eigenvalue weighted by molar-refractivity contribution is 6.02. The summed E-state index contributed by atoms with van der Waals surface area (Å²) in [5, 5.41) is 12.3. The molecular formula is C13H15NO4. The molecule has 1 aliphatic rings. The Morgan fingerprint density at radius 3 is 2.72 bits per heavy atom. The van der Waals surface area contributed by atoms with Gasteiger partial charge in [-0.2, -0.15) is 0 Å². The molecule has 18 heavy (non-hydrogen) atoms. The van der Waals surface area contributed by atoms with Gasteiger partial charge in [0, 0.05) is 5.69 Å². The summed E-state index contributed by atoms with van der Waals surface area (Å²) in [6.45, 7) is 4.40. The Balaban J connectivity index is 2.16. The molecule has 2 rings (SSSR count). The number of carbonyl (C=O) groups excluding carboxylic acids is 1. The van der Waals surface area contributed by atoms with E-state index in [1.165, 1.54) is 6.26 Å². The van der Waals surface area contributed by atoms with E-state index in [1.54, 1.807) is 26.0 Å². The van der Waals surface area contributed by atoms with Crippen molar-refractivity contribution in [3.63, 3.8) is 0 Å². The second kappa shape index (κ2) is 5.00. The molecule has 0 saturated heterocycles. The van der Waals surface area contributed by atoms with E-state index in [9.17, 15) is 9.90 Å². The van der Waals surface area contributed by atoms with Crippen molar-refractivity contribution in [1.82, 2.24) is 0 Å². The quantitative estimate of drug-likeness (QED) is 0.785. The Bertz CT molecular complexity index is 508. The molecule has 5 nitrogen and oxygen atoms in total. The average molecular weight is 249 g/mol. The highest BCUT2D eigenvalue weighted by Gasteiger charge is 2.16. The number of aromatic hydroxyl groups is 1. The van der Waals surface area contributed by atoms with Crippen molar-refractivity contribution in [2.24, 2.45) is 0 Å². The van der Waals surface area contributed by atoms with Crippen LogP contribution >= 0.6 is 0 Å². The van der Waals surface area contributed by atoms with Gasteiger partial charge in [-0.1, -0.05) is 0 Å². The number of ether oxygens (including phenoxy) is 2. The fourth-order valence-electron chi connectivity index (χ4n) is 1.61. The van der Waals surface area contributed by atoms with Crippen LogP contribution in [-0.4, -0.2) is 24.2 Å². The molecule has 1 amide bonds. The molecule has 0 unspecified atom stereocenters. The molecule has 0 saturated carbocycles. The summed E-state index contributed by atoms with van der Waals surface area (Å²) in [7, 11) is 0. The first-order chi connectivity index (χ1) is 8.58. The number of phenolic OH excluding ortho intramolecular Hbond substituents is 1. The molecule has 0 aliphatic carbocycles. The van der Waals surface area contributed by atoms with Crippen molar-refractivity contribution < 1.29 is 19.4 Å². The topological polar surface area (TPSA) is 67.8 Å². The van der Waals surface area contributed by atoms with Gasteiger partial charge in [-0.3, -0.25) is 4.79 Å². The Labute approximate surface area is 105 Å². The lowest BCUT2D eigenvalue weighted by atomic mass is 10.1. The van der Waals surface area contributed by atoms with Crippen LogP contribution in [0.2, 0.25) is 0 Å². The average Bonchev–Trinajstić information content (AvgIpc) is 2.37. The lowest BCUT2D eigenvalue weighted by Crippen LogP contribution is -2.21. The smallest absolute Gasteiger partial charge is 0.294 e. The molecule has 2 N–H and O–H groups in total. The lowest BCUT2D eigenvalue weighted by Gasteiger charge is -2.16. The molecule has 1 aromatic rings. The summed E-state index contributed by atoms with van der Waals surface area (Å²) in [5.41, 5.74) is 2.12. The first-order valence-corrected chi connectivity index (χ1v) is 5.64. The minimum absolute atomic E-state index is 0.159. The zero-order valence-electron chi connectivity index (χ0n) is 10.3. The van der Waals surface area contributed by atoms with Gasteiger partial charge in [-0.15, -0.1) is 0 Å². The Hall–Kier alpha value is -2.17. The summed E-state index contributed by atoms with van der Waals surface area (Å²) in [6.07, 6.45) is 1.31. The number of nitrogens with one attached hydrogen (secondary N) is 1. The van der Waals surface area contributed by atoms with Crippen LogP contribution in [0.1, 0.15) is 11.1 Å². The Morgan fingerprint density at radius 2 is 2.06 bits per heavy atom. The zero-order chi connectivity index (χ0) is 13.1. The van der Waals surface area contributed by atoms with Gasteiger partial charge in [0.1, 0.15) is 25.2 Å². The fourth-order valence-corrected chi connectivity index (χ4v) is 1.61. The maximum atomic E-state index is 11.9. The molecule has 0 spiro atoms. The number of phenols is 1. The number of hydrogen-bond acceptors (Lipinski definition) is 4. The lowest BCUT2D eigenvalue weighted by molar-refractivity contribution is -0.117. The molecule has 1 heterocycles. The predicted octanol–water partition coefficient (Wildman–Crippen LogP) is 1.84. The molecule has 1 aliphatic heterocycles. The Kier molecular flexibility index (Phi) is 3.41. The van der Waals surface area contributed by atoms with Crippen LogP contribution in [0.4, 0.5) is 5.69 Å². The first-order valence-electron chi connectivity index (χ1n) is 5.64. The van der Waals surface area contributed by atoms with Gasteiger partial charge >= 0.3 is 0 Å². The molecule has 0 fully saturated rings. The summed E-state index contributed by atoms with van der Waals surface area (Å²) >= 11 is 0. The molecule has 0 bridgehead atoms. The van der Waals surface area contributed by atoms with E-state index < -0.39 is 0 Å². The third kappa shape index (κ3) is 2.56. The second-order valence-electron chi connectivity index (χ2n) is 4.11. The summed E-state index contributed by atoms with van der Waals surface area (Å²) in [4.78, 5) is 11.9. The van der Waals surface area contributed by atoms with Crippen LogP contribution in [0.5, 0.6) is 5.75 Å². The van der Waals surface area contributed by atoms with E-state index in [0.717, 1.165) is 5.56 Å². The number of anilines is 1. The third-order valence-corrected chi connectivity index (χ3v) is 2.66. The largest absolute Gasteiger partial charge is 0.508 e. The minimum atomic E-state index is -0.358. The van der Waals surface area contributed by atoms with Crippen molar-refractivity contribution in [2.45, 2.75) is 13.8 Å². The fraction of sp³-hybridized carbons (Fsp3) is 0.308. The van der Waals surface area contributed by atoms with Crippen molar-refractivity contribution in [3.8, 4) is 5.75 Å². The predicted molar refractivity (Wildman–Crippen MR) is 66.2 cm³/mol. The molecule has 0 aromatic heterocycles. The number of amides is 1. The number of hydrogen-bond donors (Lipinski definition) is 2. The number of carbonyl (C=O) groups is 1. The van der Waals surface area contributed by atoms with Crippen LogP contribution in [0, 0.1) is 13.8 Å². The zero-order valence-corrected chi connectivity index (χ0v) is 10.3. The van der Waals surface area contributed by atoms with Crippen LogP contribution in [0.25, 0.3) is 0 Å². The van der Waals surface area contributed by atoms with Crippen LogP contribution in [0.15, 0.2) is 24.2 Å². The van der Waals surface area contributed by atoms with Gasteiger partial charge in [0.15, 0.2) is 0 Å². The third-order valence-electron chi connectivity index (χ3n) is 2.66. The Morgan fingerprint density at radius 1 is 1.28 bits per heavy atom. The monoisotopic (exact) mass is 249 g/mol. The van der Waals surface area contributed by atoms with Crippen molar-refractivity contribution in [3.05, 3.63) is 35.3 Å². The van der Waals surface area contributed by atoms with Crippen LogP contribution in [-0.2, 0) is 14.3 Å². The minimum Gasteiger partial charge on any atom is -0.508 e. The molecule has 1 aromatic carbocycles. The second-order valence-corrected chi connectivity index (χ2v) is 4.11. The first kappa shape index (κ1) is 12.3. The summed E-state index contributed by atoms with van der Waals surface area (Å²) in [6, 6.07) is 3.32. The molecule has 0 radical (unpaired) electrons. The van der Waals surface area contributed by atoms with Gasteiger partial charge in [-0.05, 0) is 37.1 Å². The maximum absolute atomic E-state index is 11.9.